The van der Waals surface area contributed by atoms with Gasteiger partial charge in [0.05, 0.1) is 12.1 Å². The van der Waals surface area contributed by atoms with Crippen LogP contribution in [0.15, 0.2) is 18.2 Å². The second kappa shape index (κ2) is 6.21. The lowest BCUT2D eigenvalue weighted by molar-refractivity contribution is 0.412. The molecule has 1 aromatic carbocycles. The molecule has 1 aromatic rings. The summed E-state index contributed by atoms with van der Waals surface area (Å²) in [5.41, 5.74) is 6.97. The Balaban J connectivity index is 0.00000196. The number of rotatable bonds is 3. The minimum absolute atomic E-state index is 0. The van der Waals surface area contributed by atoms with Crippen LogP contribution in [0.25, 0.3) is 0 Å². The molecule has 1 atom stereocenters. The van der Waals surface area contributed by atoms with Gasteiger partial charge in [0, 0.05) is 6.04 Å². The Labute approximate surface area is 102 Å². The zero-order chi connectivity index (χ0) is 10.7. The van der Waals surface area contributed by atoms with Crippen LogP contribution in [0.3, 0.4) is 0 Å². The van der Waals surface area contributed by atoms with Crippen LogP contribution in [-0.2, 0) is 0 Å². The van der Waals surface area contributed by atoms with Crippen LogP contribution in [0.1, 0.15) is 25.5 Å². The minimum atomic E-state index is -0.0439. The molecule has 0 heterocycles. The number of halogens is 2. The first-order chi connectivity index (χ1) is 6.57. The maximum atomic E-state index is 6.14. The van der Waals surface area contributed by atoms with Crippen molar-refractivity contribution in [2.45, 2.75) is 19.9 Å². The van der Waals surface area contributed by atoms with Crippen LogP contribution in [0.5, 0.6) is 5.75 Å². The van der Waals surface area contributed by atoms with Crippen LogP contribution in [-0.4, -0.2) is 7.11 Å². The molecule has 4 heteroatoms. The van der Waals surface area contributed by atoms with Crippen molar-refractivity contribution in [2.75, 3.05) is 7.11 Å². The largest absolute Gasteiger partial charge is 0.495 e. The standard InChI is InChI=1S/C11H16ClNO.ClH/c1-7(2)11(13)8-5-4-6-9(14-3)10(8)12;/h4-7,11H,13H2,1-3H3;1H. The summed E-state index contributed by atoms with van der Waals surface area (Å²) in [6.07, 6.45) is 0. The van der Waals surface area contributed by atoms with Crippen LogP contribution >= 0.6 is 24.0 Å². The van der Waals surface area contributed by atoms with Crippen molar-refractivity contribution in [3.63, 3.8) is 0 Å². The lowest BCUT2D eigenvalue weighted by Crippen LogP contribution is -2.17. The zero-order valence-corrected chi connectivity index (χ0v) is 10.7. The molecule has 86 valence electrons. The number of ether oxygens (including phenoxy) is 1. The number of methoxy groups -OCH3 is 1. The number of nitrogens with two attached hydrogens (primary N) is 1. The van der Waals surface area contributed by atoms with Crippen molar-refractivity contribution in [1.29, 1.82) is 0 Å². The van der Waals surface area contributed by atoms with Crippen molar-refractivity contribution < 1.29 is 4.74 Å². The third kappa shape index (κ3) is 3.26. The van der Waals surface area contributed by atoms with Gasteiger partial charge in [0.2, 0.25) is 0 Å². The predicted octanol–water partition coefficient (Wildman–Crippen LogP) is 3.43. The first kappa shape index (κ1) is 14.6. The van der Waals surface area contributed by atoms with Crippen molar-refractivity contribution in [3.05, 3.63) is 28.8 Å². The number of benzene rings is 1. The predicted molar refractivity (Wildman–Crippen MR) is 67.0 cm³/mol. The van der Waals surface area contributed by atoms with E-state index in [1.54, 1.807) is 7.11 Å². The van der Waals surface area contributed by atoms with Crippen LogP contribution in [0.4, 0.5) is 0 Å². The summed E-state index contributed by atoms with van der Waals surface area (Å²) in [6.45, 7) is 4.14. The average Bonchev–Trinajstić information content (AvgIpc) is 2.17. The molecule has 0 spiro atoms. The molecule has 0 bridgehead atoms. The van der Waals surface area contributed by atoms with E-state index >= 15 is 0 Å². The van der Waals surface area contributed by atoms with Crippen molar-refractivity contribution in [1.82, 2.24) is 0 Å². The first-order valence-electron chi connectivity index (χ1n) is 4.66. The highest BCUT2D eigenvalue weighted by Gasteiger charge is 2.15. The number of hydrogen-bond acceptors (Lipinski definition) is 2. The van der Waals surface area contributed by atoms with E-state index in [2.05, 4.69) is 13.8 Å². The average molecular weight is 250 g/mol. The highest BCUT2D eigenvalue weighted by molar-refractivity contribution is 6.32. The van der Waals surface area contributed by atoms with Gasteiger partial charge in [-0.25, -0.2) is 0 Å². The summed E-state index contributed by atoms with van der Waals surface area (Å²) in [5.74, 6) is 1.04. The Morgan fingerprint density at radius 3 is 2.40 bits per heavy atom. The van der Waals surface area contributed by atoms with E-state index in [9.17, 15) is 0 Å². The van der Waals surface area contributed by atoms with Crippen LogP contribution in [0.2, 0.25) is 5.02 Å². The molecule has 0 aliphatic heterocycles. The fraction of sp³-hybridized carbons (Fsp3) is 0.455. The molecule has 0 aliphatic carbocycles. The van der Waals surface area contributed by atoms with Gasteiger partial charge in [-0.3, -0.25) is 0 Å². The monoisotopic (exact) mass is 249 g/mol. The second-order valence-electron chi connectivity index (χ2n) is 3.63. The molecule has 0 saturated carbocycles. The normalized spacial score (nSPS) is 12.1. The van der Waals surface area contributed by atoms with Crippen LogP contribution < -0.4 is 10.5 Å². The van der Waals surface area contributed by atoms with Gasteiger partial charge in [-0.2, -0.15) is 0 Å². The quantitative estimate of drug-likeness (QED) is 0.891. The van der Waals surface area contributed by atoms with Crippen molar-refractivity contribution >= 4 is 24.0 Å². The van der Waals surface area contributed by atoms with Gasteiger partial charge >= 0.3 is 0 Å². The number of hydrogen-bond donors (Lipinski definition) is 1. The maximum Gasteiger partial charge on any atom is 0.137 e. The van der Waals surface area contributed by atoms with Gasteiger partial charge in [0.1, 0.15) is 5.75 Å². The van der Waals surface area contributed by atoms with E-state index in [4.69, 9.17) is 22.1 Å². The lowest BCUT2D eigenvalue weighted by Gasteiger charge is -2.18. The molecule has 0 aromatic heterocycles. The Morgan fingerprint density at radius 2 is 1.93 bits per heavy atom. The first-order valence-corrected chi connectivity index (χ1v) is 5.03. The molecular formula is C11H17Cl2NO. The Hall–Kier alpha value is -0.440. The van der Waals surface area contributed by atoms with E-state index in [-0.39, 0.29) is 18.4 Å². The molecule has 2 nitrogen and oxygen atoms in total. The summed E-state index contributed by atoms with van der Waals surface area (Å²) >= 11 is 6.14. The second-order valence-corrected chi connectivity index (χ2v) is 4.01. The molecule has 1 unspecified atom stereocenters. The van der Waals surface area contributed by atoms with E-state index in [0.717, 1.165) is 5.56 Å². The molecule has 0 aliphatic rings. The SMILES string of the molecule is COc1cccc(C(N)C(C)C)c1Cl.Cl. The Bertz CT molecular complexity index is 315. The lowest BCUT2D eigenvalue weighted by atomic mass is 9.97. The minimum Gasteiger partial charge on any atom is -0.495 e. The summed E-state index contributed by atoms with van der Waals surface area (Å²) in [7, 11) is 1.60. The molecule has 0 fully saturated rings. The van der Waals surface area contributed by atoms with E-state index in [1.807, 2.05) is 18.2 Å². The highest BCUT2D eigenvalue weighted by atomic mass is 35.5. The maximum absolute atomic E-state index is 6.14. The fourth-order valence-corrected chi connectivity index (χ4v) is 1.63. The third-order valence-electron chi connectivity index (χ3n) is 2.29. The van der Waals surface area contributed by atoms with Gasteiger partial charge in [0.25, 0.3) is 0 Å². The molecule has 2 N–H and O–H groups in total. The molecule has 0 saturated heterocycles. The molecule has 0 radical (unpaired) electrons. The topological polar surface area (TPSA) is 35.2 Å². The Kier molecular flexibility index (Phi) is 6.03. The van der Waals surface area contributed by atoms with Gasteiger partial charge in [-0.05, 0) is 17.5 Å². The summed E-state index contributed by atoms with van der Waals surface area (Å²) in [6, 6.07) is 5.63. The van der Waals surface area contributed by atoms with E-state index < -0.39 is 0 Å². The highest BCUT2D eigenvalue weighted by Crippen LogP contribution is 2.33. The molecule has 1 rings (SSSR count). The molecule has 0 amide bonds. The van der Waals surface area contributed by atoms with Gasteiger partial charge in [0.15, 0.2) is 0 Å². The van der Waals surface area contributed by atoms with Crippen LogP contribution in [0, 0.1) is 5.92 Å². The Morgan fingerprint density at radius 1 is 1.33 bits per heavy atom. The van der Waals surface area contributed by atoms with E-state index in [1.165, 1.54) is 0 Å². The summed E-state index contributed by atoms with van der Waals surface area (Å²) < 4.78 is 5.13. The zero-order valence-electron chi connectivity index (χ0n) is 9.16. The molecule has 15 heavy (non-hydrogen) atoms. The molecular weight excluding hydrogens is 233 g/mol. The van der Waals surface area contributed by atoms with Crippen molar-refractivity contribution in [3.8, 4) is 5.75 Å². The third-order valence-corrected chi connectivity index (χ3v) is 2.69. The van der Waals surface area contributed by atoms with Gasteiger partial charge < -0.3 is 10.5 Å². The van der Waals surface area contributed by atoms with Crippen molar-refractivity contribution in [2.24, 2.45) is 11.7 Å². The summed E-state index contributed by atoms with van der Waals surface area (Å²) in [5, 5.41) is 0.621. The summed E-state index contributed by atoms with van der Waals surface area (Å²) in [4.78, 5) is 0. The van der Waals surface area contributed by atoms with Gasteiger partial charge in [-0.1, -0.05) is 37.6 Å². The van der Waals surface area contributed by atoms with Gasteiger partial charge in [-0.15, -0.1) is 12.4 Å². The smallest absolute Gasteiger partial charge is 0.137 e. The van der Waals surface area contributed by atoms with E-state index in [0.29, 0.717) is 16.7 Å². The fourth-order valence-electron chi connectivity index (χ4n) is 1.30.